The molecule has 2 radical (unpaired) electrons. The minimum Gasteiger partial charge on any atom is -0.463 e. The zero-order chi connectivity index (χ0) is 12.3. The number of rotatable bonds is 3. The van der Waals surface area contributed by atoms with Crippen LogP contribution in [0, 0.1) is 12.8 Å². The Morgan fingerprint density at radius 1 is 1.65 bits per heavy atom. The summed E-state index contributed by atoms with van der Waals surface area (Å²) < 4.78 is 10.7. The predicted octanol–water partition coefficient (Wildman–Crippen LogP) is 0.764. The van der Waals surface area contributed by atoms with E-state index < -0.39 is 0 Å². The minimum atomic E-state index is -0.284. The molecule has 1 fully saturated rings. The maximum Gasteiger partial charge on any atom is 0.302 e. The largest absolute Gasteiger partial charge is 0.463 e. The van der Waals surface area contributed by atoms with Crippen molar-refractivity contribution < 1.29 is 14.3 Å². The van der Waals surface area contributed by atoms with Gasteiger partial charge in [0, 0.05) is 13.5 Å². The average Bonchev–Trinajstić information content (AvgIpc) is 2.68. The van der Waals surface area contributed by atoms with Crippen molar-refractivity contribution in [2.75, 3.05) is 13.2 Å². The van der Waals surface area contributed by atoms with Crippen LogP contribution >= 0.6 is 11.8 Å². The van der Waals surface area contributed by atoms with Crippen LogP contribution in [0.15, 0.2) is 4.99 Å². The van der Waals surface area contributed by atoms with Crippen LogP contribution in [0.2, 0.25) is 0 Å². The molecule has 2 rings (SSSR count). The predicted molar refractivity (Wildman–Crippen MR) is 66.4 cm³/mol. The summed E-state index contributed by atoms with van der Waals surface area (Å²) in [5.41, 5.74) is -0.00499. The Kier molecular flexibility index (Phi) is 4.28. The van der Waals surface area contributed by atoms with Crippen LogP contribution in [0.1, 0.15) is 13.8 Å². The van der Waals surface area contributed by atoms with E-state index in [9.17, 15) is 4.79 Å². The number of ether oxygens (including phenoxy) is 2. The van der Waals surface area contributed by atoms with Gasteiger partial charge in [-0.2, -0.15) is 0 Å². The fourth-order valence-electron chi connectivity index (χ4n) is 1.64. The summed E-state index contributed by atoms with van der Waals surface area (Å²) in [6, 6.07) is 0.0719. The van der Waals surface area contributed by atoms with Gasteiger partial charge in [-0.15, -0.1) is 0 Å². The van der Waals surface area contributed by atoms with E-state index in [4.69, 9.17) is 9.47 Å². The third-order valence-electron chi connectivity index (χ3n) is 2.38. The Morgan fingerprint density at radius 3 is 3.18 bits per heavy atom. The normalized spacial score (nSPS) is 31.6. The van der Waals surface area contributed by atoms with Crippen molar-refractivity contribution in [3.05, 3.63) is 12.8 Å². The number of carbonyl (C=O) groups is 1. The van der Waals surface area contributed by atoms with Gasteiger partial charge in [0.1, 0.15) is 12.0 Å². The van der Waals surface area contributed by atoms with Gasteiger partial charge < -0.3 is 14.8 Å². The van der Waals surface area contributed by atoms with Crippen molar-refractivity contribution in [1.82, 2.24) is 5.32 Å². The van der Waals surface area contributed by atoms with Gasteiger partial charge in [-0.05, 0) is 19.8 Å². The SMILES string of the molecule is CCNC1=N[C@@H]2[CH][CH][C@H](COC(C)=O)O[C@@H]2S1. The van der Waals surface area contributed by atoms with Crippen LogP contribution in [0.5, 0.6) is 0 Å². The zero-order valence-electron chi connectivity index (χ0n) is 9.88. The number of aliphatic imine (C=N–C) groups is 1. The van der Waals surface area contributed by atoms with Crippen LogP contribution in [0.3, 0.4) is 0 Å². The van der Waals surface area contributed by atoms with E-state index in [1.165, 1.54) is 6.92 Å². The maximum absolute atomic E-state index is 10.7. The Hall–Kier alpha value is -0.750. The third kappa shape index (κ3) is 3.35. The van der Waals surface area contributed by atoms with Crippen LogP contribution in [-0.2, 0) is 14.3 Å². The highest BCUT2D eigenvalue weighted by Crippen LogP contribution is 2.34. The van der Waals surface area contributed by atoms with Crippen LogP contribution in [0.25, 0.3) is 0 Å². The quantitative estimate of drug-likeness (QED) is 0.756. The first-order valence-corrected chi connectivity index (χ1v) is 6.52. The number of nitrogens with zero attached hydrogens (tertiary/aromatic N) is 1. The Balaban J connectivity index is 1.80. The summed E-state index contributed by atoms with van der Waals surface area (Å²) >= 11 is 1.58. The average molecular weight is 256 g/mol. The fraction of sp³-hybridized carbons (Fsp3) is 0.636. The highest BCUT2D eigenvalue weighted by Gasteiger charge is 2.37. The number of fused-ring (bicyclic) bond motifs is 1. The minimum absolute atomic E-state index is 0.00499. The first kappa shape index (κ1) is 12.7. The zero-order valence-corrected chi connectivity index (χ0v) is 10.7. The van der Waals surface area contributed by atoms with Gasteiger partial charge in [0.25, 0.3) is 0 Å². The molecule has 0 amide bonds. The molecule has 3 atom stereocenters. The lowest BCUT2D eigenvalue weighted by Gasteiger charge is -2.29. The molecule has 0 aromatic heterocycles. The molecule has 1 N–H and O–H groups in total. The van der Waals surface area contributed by atoms with E-state index >= 15 is 0 Å². The number of carbonyl (C=O) groups excluding carboxylic acids is 1. The Labute approximate surface area is 105 Å². The van der Waals surface area contributed by atoms with E-state index in [1.807, 2.05) is 19.8 Å². The van der Waals surface area contributed by atoms with Crippen molar-refractivity contribution in [2.24, 2.45) is 4.99 Å². The Bertz CT molecular complexity index is 322. The standard InChI is InChI=1S/C11H16N2O3S/c1-3-12-11-13-9-5-4-8(6-15-7(2)14)16-10(9)17-11/h4-5,8-10H,3,6H2,1-2H3,(H,12,13)/t8-,9-,10-/m1/s1. The van der Waals surface area contributed by atoms with Crippen LogP contribution < -0.4 is 5.32 Å². The van der Waals surface area contributed by atoms with Crippen molar-refractivity contribution in [2.45, 2.75) is 31.4 Å². The van der Waals surface area contributed by atoms with Crippen molar-refractivity contribution >= 4 is 22.9 Å². The molecule has 94 valence electrons. The summed E-state index contributed by atoms with van der Waals surface area (Å²) in [6.07, 6.45) is 3.76. The topological polar surface area (TPSA) is 59.9 Å². The number of amidine groups is 1. The van der Waals surface area contributed by atoms with Crippen molar-refractivity contribution in [3.63, 3.8) is 0 Å². The second-order valence-electron chi connectivity index (χ2n) is 3.80. The monoisotopic (exact) mass is 256 g/mol. The highest BCUT2D eigenvalue weighted by molar-refractivity contribution is 8.14. The molecule has 2 aliphatic heterocycles. The van der Waals surface area contributed by atoms with Crippen LogP contribution in [-0.4, -0.2) is 41.9 Å². The molecule has 6 heteroatoms. The van der Waals surface area contributed by atoms with Gasteiger partial charge in [-0.3, -0.25) is 9.79 Å². The summed E-state index contributed by atoms with van der Waals surface area (Å²) in [6.45, 7) is 4.55. The van der Waals surface area contributed by atoms with Crippen LogP contribution in [0.4, 0.5) is 0 Å². The van der Waals surface area contributed by atoms with Gasteiger partial charge >= 0.3 is 5.97 Å². The maximum atomic E-state index is 10.7. The molecule has 0 aliphatic carbocycles. The van der Waals surface area contributed by atoms with E-state index in [-0.39, 0.29) is 30.2 Å². The number of esters is 1. The molecule has 17 heavy (non-hydrogen) atoms. The lowest BCUT2D eigenvalue weighted by atomic mass is 10.1. The van der Waals surface area contributed by atoms with E-state index in [2.05, 4.69) is 10.3 Å². The number of hydrogen-bond acceptors (Lipinski definition) is 6. The first-order chi connectivity index (χ1) is 8.19. The van der Waals surface area contributed by atoms with E-state index in [0.717, 1.165) is 11.7 Å². The van der Waals surface area contributed by atoms with Crippen molar-refractivity contribution in [1.29, 1.82) is 0 Å². The van der Waals surface area contributed by atoms with Gasteiger partial charge in [0.15, 0.2) is 5.17 Å². The fourth-order valence-corrected chi connectivity index (χ4v) is 2.76. The lowest BCUT2D eigenvalue weighted by molar-refractivity contribution is -0.145. The smallest absolute Gasteiger partial charge is 0.302 e. The molecular weight excluding hydrogens is 240 g/mol. The van der Waals surface area contributed by atoms with Gasteiger partial charge in [0.05, 0.1) is 12.1 Å². The molecule has 0 aromatic rings. The third-order valence-corrected chi connectivity index (χ3v) is 3.48. The van der Waals surface area contributed by atoms with Gasteiger partial charge in [0.2, 0.25) is 0 Å². The molecule has 0 saturated carbocycles. The second-order valence-corrected chi connectivity index (χ2v) is 4.89. The lowest BCUT2D eigenvalue weighted by Crippen LogP contribution is -2.37. The Morgan fingerprint density at radius 2 is 2.47 bits per heavy atom. The molecule has 2 aliphatic rings. The molecule has 0 spiro atoms. The summed E-state index contributed by atoms with van der Waals surface area (Å²) in [5, 5.41) is 4.10. The number of thioether (sulfide) groups is 1. The molecule has 0 aromatic carbocycles. The number of nitrogens with one attached hydrogen (secondary N) is 1. The first-order valence-electron chi connectivity index (χ1n) is 5.64. The van der Waals surface area contributed by atoms with Crippen molar-refractivity contribution in [3.8, 4) is 0 Å². The van der Waals surface area contributed by atoms with Gasteiger partial charge in [-0.1, -0.05) is 11.8 Å². The van der Waals surface area contributed by atoms with E-state index in [0.29, 0.717) is 0 Å². The second kappa shape index (κ2) is 5.73. The molecule has 1 saturated heterocycles. The summed E-state index contributed by atoms with van der Waals surface area (Å²) in [4.78, 5) is 15.2. The number of hydrogen-bond donors (Lipinski definition) is 1. The highest BCUT2D eigenvalue weighted by atomic mass is 32.2. The molecule has 0 bridgehead atoms. The molecule has 2 heterocycles. The molecule has 5 nitrogen and oxygen atoms in total. The molecular formula is C11H16N2O3S. The summed E-state index contributed by atoms with van der Waals surface area (Å²) in [7, 11) is 0. The molecule has 0 unspecified atom stereocenters. The van der Waals surface area contributed by atoms with Gasteiger partial charge in [-0.25, -0.2) is 0 Å². The van der Waals surface area contributed by atoms with E-state index in [1.54, 1.807) is 11.8 Å². The summed E-state index contributed by atoms with van der Waals surface area (Å²) in [5.74, 6) is -0.284.